The van der Waals surface area contributed by atoms with Crippen LogP contribution in [0.5, 0.6) is 0 Å². The standard InChI is InChI=1S/C22H23N3O4/c26-20(23-13-17-9-6-12-29-17)15-24-19-11-5-4-10-18(19)21(27)25(22(24)28)14-16-7-2-1-3-8-16/h1-5,7-8,10-11,17H,6,9,12-15H2,(H,23,26)/t17-/m1/s1. The van der Waals surface area contributed by atoms with E-state index in [9.17, 15) is 14.4 Å². The van der Waals surface area contributed by atoms with Crippen LogP contribution in [0.15, 0.2) is 64.2 Å². The maximum Gasteiger partial charge on any atom is 0.332 e. The summed E-state index contributed by atoms with van der Waals surface area (Å²) < 4.78 is 8.07. The average molecular weight is 393 g/mol. The first kappa shape index (κ1) is 19.1. The fraction of sp³-hybridized carbons (Fsp3) is 0.318. The van der Waals surface area contributed by atoms with Gasteiger partial charge < -0.3 is 10.1 Å². The monoisotopic (exact) mass is 393 g/mol. The molecule has 1 aromatic heterocycles. The molecule has 29 heavy (non-hydrogen) atoms. The zero-order chi connectivity index (χ0) is 20.2. The molecule has 0 saturated carbocycles. The van der Waals surface area contributed by atoms with Crippen molar-refractivity contribution >= 4 is 16.8 Å². The molecule has 1 N–H and O–H groups in total. The molecule has 0 bridgehead atoms. The molecule has 1 atom stereocenters. The number of nitrogens with zero attached hydrogens (tertiary/aromatic N) is 2. The molecule has 1 aliphatic rings. The number of nitrogens with one attached hydrogen (secondary N) is 1. The SMILES string of the molecule is O=C(Cn1c(=O)n(Cc2ccccc2)c(=O)c2ccccc21)NC[C@H]1CCCO1. The third-order valence-corrected chi connectivity index (χ3v) is 5.17. The van der Waals surface area contributed by atoms with Crippen LogP contribution in [0.3, 0.4) is 0 Å². The fourth-order valence-corrected chi connectivity index (χ4v) is 3.66. The second-order valence-corrected chi connectivity index (χ2v) is 7.20. The molecule has 0 spiro atoms. The van der Waals surface area contributed by atoms with Crippen molar-refractivity contribution < 1.29 is 9.53 Å². The molecule has 4 rings (SSSR count). The first-order chi connectivity index (χ1) is 14.1. The van der Waals surface area contributed by atoms with Gasteiger partial charge in [-0.15, -0.1) is 0 Å². The molecule has 1 fully saturated rings. The predicted molar refractivity (Wildman–Crippen MR) is 110 cm³/mol. The molecule has 0 aliphatic carbocycles. The summed E-state index contributed by atoms with van der Waals surface area (Å²) in [7, 11) is 0. The largest absolute Gasteiger partial charge is 0.376 e. The van der Waals surface area contributed by atoms with E-state index in [0.29, 0.717) is 17.4 Å². The van der Waals surface area contributed by atoms with Crippen LogP contribution in [-0.4, -0.2) is 34.3 Å². The van der Waals surface area contributed by atoms with Crippen LogP contribution < -0.4 is 16.6 Å². The summed E-state index contributed by atoms with van der Waals surface area (Å²) in [6.07, 6.45) is 1.94. The predicted octanol–water partition coefficient (Wildman–Crippen LogP) is 1.51. The van der Waals surface area contributed by atoms with Crippen molar-refractivity contribution in [3.05, 3.63) is 81.0 Å². The Kier molecular flexibility index (Phi) is 5.57. The summed E-state index contributed by atoms with van der Waals surface area (Å²) >= 11 is 0. The Labute approximate surface area is 167 Å². The van der Waals surface area contributed by atoms with E-state index in [-0.39, 0.29) is 30.7 Å². The number of para-hydroxylation sites is 1. The summed E-state index contributed by atoms with van der Waals surface area (Å²) in [5.41, 5.74) is 0.450. The molecule has 7 heteroatoms. The number of hydrogen-bond acceptors (Lipinski definition) is 4. The average Bonchev–Trinajstić information content (AvgIpc) is 3.27. The van der Waals surface area contributed by atoms with E-state index in [1.54, 1.807) is 24.3 Å². The highest BCUT2D eigenvalue weighted by molar-refractivity contribution is 5.81. The number of ether oxygens (including phenoxy) is 1. The lowest BCUT2D eigenvalue weighted by atomic mass is 10.2. The minimum atomic E-state index is -0.496. The zero-order valence-electron chi connectivity index (χ0n) is 16.0. The summed E-state index contributed by atoms with van der Waals surface area (Å²) in [5, 5.41) is 3.25. The molecular formula is C22H23N3O4. The Balaban J connectivity index is 1.67. The summed E-state index contributed by atoms with van der Waals surface area (Å²) in [6.45, 7) is 1.15. The number of benzene rings is 2. The van der Waals surface area contributed by atoms with Gasteiger partial charge in [-0.1, -0.05) is 42.5 Å². The maximum atomic E-state index is 13.1. The van der Waals surface area contributed by atoms with Gasteiger partial charge in [-0.2, -0.15) is 0 Å². The van der Waals surface area contributed by atoms with Crippen LogP contribution in [-0.2, 0) is 22.6 Å². The van der Waals surface area contributed by atoms with E-state index in [4.69, 9.17) is 4.74 Å². The molecular weight excluding hydrogens is 370 g/mol. The lowest BCUT2D eigenvalue weighted by Gasteiger charge is -2.15. The first-order valence-electron chi connectivity index (χ1n) is 9.78. The van der Waals surface area contributed by atoms with Crippen molar-refractivity contribution in [2.45, 2.75) is 32.0 Å². The Bertz CT molecular complexity index is 1130. The van der Waals surface area contributed by atoms with Crippen LogP contribution in [0.2, 0.25) is 0 Å². The molecule has 150 valence electrons. The second kappa shape index (κ2) is 8.45. The van der Waals surface area contributed by atoms with Crippen LogP contribution >= 0.6 is 0 Å². The third kappa shape index (κ3) is 4.14. The molecule has 1 saturated heterocycles. The molecule has 2 heterocycles. The van der Waals surface area contributed by atoms with Crippen LogP contribution in [0.1, 0.15) is 18.4 Å². The number of fused-ring (bicyclic) bond motifs is 1. The highest BCUT2D eigenvalue weighted by Gasteiger charge is 2.18. The Morgan fingerprint density at radius 3 is 2.55 bits per heavy atom. The van der Waals surface area contributed by atoms with E-state index in [0.717, 1.165) is 25.0 Å². The second-order valence-electron chi connectivity index (χ2n) is 7.20. The van der Waals surface area contributed by atoms with E-state index in [1.165, 1.54) is 9.13 Å². The Morgan fingerprint density at radius 1 is 1.03 bits per heavy atom. The van der Waals surface area contributed by atoms with Gasteiger partial charge in [0, 0.05) is 13.2 Å². The molecule has 0 unspecified atom stereocenters. The Morgan fingerprint density at radius 2 is 1.79 bits per heavy atom. The molecule has 7 nitrogen and oxygen atoms in total. The summed E-state index contributed by atoms with van der Waals surface area (Å²) in [6, 6.07) is 16.2. The molecule has 3 aromatic rings. The number of hydrogen-bond donors (Lipinski definition) is 1. The molecule has 2 aromatic carbocycles. The number of amides is 1. The van der Waals surface area contributed by atoms with Crippen molar-refractivity contribution in [2.75, 3.05) is 13.2 Å². The normalized spacial score (nSPS) is 16.2. The van der Waals surface area contributed by atoms with Crippen LogP contribution in [0.25, 0.3) is 10.9 Å². The van der Waals surface area contributed by atoms with Crippen molar-refractivity contribution in [3.63, 3.8) is 0 Å². The van der Waals surface area contributed by atoms with Crippen molar-refractivity contribution in [1.29, 1.82) is 0 Å². The van der Waals surface area contributed by atoms with Gasteiger partial charge in [0.15, 0.2) is 0 Å². The van der Waals surface area contributed by atoms with E-state index in [2.05, 4.69) is 5.32 Å². The third-order valence-electron chi connectivity index (χ3n) is 5.17. The molecule has 1 amide bonds. The molecule has 1 aliphatic heterocycles. The van der Waals surface area contributed by atoms with Gasteiger partial charge in [0.25, 0.3) is 5.56 Å². The van der Waals surface area contributed by atoms with Crippen molar-refractivity contribution in [2.24, 2.45) is 0 Å². The summed E-state index contributed by atoms with van der Waals surface area (Å²) in [5.74, 6) is -0.280. The lowest BCUT2D eigenvalue weighted by Crippen LogP contribution is -2.43. The zero-order valence-corrected chi connectivity index (χ0v) is 16.0. The van der Waals surface area contributed by atoms with Gasteiger partial charge in [0.1, 0.15) is 6.54 Å². The number of carbonyl (C=O) groups excluding carboxylic acids is 1. The van der Waals surface area contributed by atoms with Gasteiger partial charge in [-0.3, -0.25) is 18.7 Å². The Hall–Kier alpha value is -3.19. The first-order valence-corrected chi connectivity index (χ1v) is 9.78. The van der Waals surface area contributed by atoms with E-state index >= 15 is 0 Å². The van der Waals surface area contributed by atoms with E-state index in [1.807, 2.05) is 30.3 Å². The number of aromatic nitrogens is 2. The van der Waals surface area contributed by atoms with Crippen LogP contribution in [0, 0.1) is 0 Å². The highest BCUT2D eigenvalue weighted by Crippen LogP contribution is 2.11. The minimum Gasteiger partial charge on any atom is -0.376 e. The minimum absolute atomic E-state index is 0.0273. The fourth-order valence-electron chi connectivity index (χ4n) is 3.66. The number of carbonyl (C=O) groups is 1. The molecule has 0 radical (unpaired) electrons. The highest BCUT2D eigenvalue weighted by atomic mass is 16.5. The maximum absolute atomic E-state index is 13.1. The van der Waals surface area contributed by atoms with Gasteiger partial charge in [0.05, 0.1) is 23.6 Å². The number of rotatable bonds is 6. The van der Waals surface area contributed by atoms with Crippen molar-refractivity contribution in [1.82, 2.24) is 14.5 Å². The summed E-state index contributed by atoms with van der Waals surface area (Å²) in [4.78, 5) is 38.6. The van der Waals surface area contributed by atoms with Gasteiger partial charge in [-0.25, -0.2) is 4.79 Å². The van der Waals surface area contributed by atoms with E-state index < -0.39 is 5.69 Å². The quantitative estimate of drug-likeness (QED) is 0.688. The smallest absolute Gasteiger partial charge is 0.332 e. The lowest BCUT2D eigenvalue weighted by molar-refractivity contribution is -0.122. The topological polar surface area (TPSA) is 82.3 Å². The van der Waals surface area contributed by atoms with Gasteiger partial charge in [0.2, 0.25) is 5.91 Å². The van der Waals surface area contributed by atoms with Gasteiger partial charge >= 0.3 is 5.69 Å². The van der Waals surface area contributed by atoms with Crippen LogP contribution in [0.4, 0.5) is 0 Å². The van der Waals surface area contributed by atoms with Crippen molar-refractivity contribution in [3.8, 4) is 0 Å². The van der Waals surface area contributed by atoms with Gasteiger partial charge in [-0.05, 0) is 30.5 Å².